The molecule has 10 heteroatoms. The van der Waals surface area contributed by atoms with Crippen molar-refractivity contribution in [1.82, 2.24) is 20.2 Å². The van der Waals surface area contributed by atoms with Crippen molar-refractivity contribution in [2.45, 2.75) is 37.0 Å². The molecule has 1 heterocycles. The lowest BCUT2D eigenvalue weighted by Gasteiger charge is -2.12. The maximum atomic E-state index is 12.8. The topological polar surface area (TPSA) is 93.4 Å². The number of nitrogens with zero attached hydrogens (tertiary/aromatic N) is 4. The third-order valence-electron chi connectivity index (χ3n) is 5.59. The summed E-state index contributed by atoms with van der Waals surface area (Å²) in [4.78, 5) is 12.8. The lowest BCUT2D eigenvalue weighted by molar-refractivity contribution is -0.120. The van der Waals surface area contributed by atoms with Gasteiger partial charge in [0, 0.05) is 21.4 Å². The zero-order chi connectivity index (χ0) is 27.5. The van der Waals surface area contributed by atoms with Crippen LogP contribution in [0.2, 0.25) is 0 Å². The third-order valence-corrected chi connectivity index (χ3v) is 7.39. The maximum absolute atomic E-state index is 12.8. The summed E-state index contributed by atoms with van der Waals surface area (Å²) in [6.45, 7) is 7.14. The van der Waals surface area contributed by atoms with Crippen LogP contribution in [0.3, 0.4) is 0 Å². The average Bonchev–Trinajstić information content (AvgIpc) is 3.33. The fourth-order valence-electron chi connectivity index (χ4n) is 3.52. The largest absolute Gasteiger partial charge is 0.488 e. The van der Waals surface area contributed by atoms with Crippen LogP contribution >= 0.6 is 34.4 Å². The number of ether oxygens (including phenoxy) is 1. The summed E-state index contributed by atoms with van der Waals surface area (Å²) in [6, 6.07) is 25.6. The number of nitrogens with one attached hydrogen (secondary N) is 2. The molecule has 0 saturated carbocycles. The van der Waals surface area contributed by atoms with E-state index in [1.807, 2.05) is 90.4 Å². The molecule has 0 bridgehead atoms. The molecule has 0 aliphatic carbocycles. The lowest BCUT2D eigenvalue weighted by atomic mass is 10.2. The van der Waals surface area contributed by atoms with Crippen molar-refractivity contribution in [3.8, 4) is 5.75 Å². The van der Waals surface area contributed by atoms with Gasteiger partial charge in [-0.2, -0.15) is 5.10 Å². The first-order valence-electron chi connectivity index (χ1n) is 12.3. The highest BCUT2D eigenvalue weighted by Crippen LogP contribution is 2.23. The first kappa shape index (κ1) is 28.4. The van der Waals surface area contributed by atoms with E-state index in [1.165, 1.54) is 15.3 Å². The fraction of sp³-hybridized carbons (Fsp3) is 0.172. The predicted octanol–water partition coefficient (Wildman–Crippen LogP) is 5.89. The number of thioether (sulfide) groups is 1. The van der Waals surface area contributed by atoms with Crippen molar-refractivity contribution in [2.24, 2.45) is 5.10 Å². The first-order valence-corrected chi connectivity index (χ1v) is 14.3. The molecule has 4 rings (SSSR count). The van der Waals surface area contributed by atoms with Gasteiger partial charge in [-0.1, -0.05) is 60.3 Å². The lowest BCUT2D eigenvalue weighted by Crippen LogP contribution is -2.27. The molecular weight excluding hydrogens is 623 g/mol. The Balaban J connectivity index is 1.33. The van der Waals surface area contributed by atoms with E-state index in [1.54, 1.807) is 12.3 Å². The molecule has 2 N–H and O–H groups in total. The molecule has 3 aromatic carbocycles. The number of carbonyl (C=O) groups excluding carboxylic acids is 1. The number of halogens is 1. The number of hydrazone groups is 1. The molecule has 8 nitrogen and oxygen atoms in total. The van der Waals surface area contributed by atoms with Gasteiger partial charge in [0.25, 0.3) is 5.91 Å². The van der Waals surface area contributed by atoms with E-state index < -0.39 is 5.25 Å². The number of carbonyl (C=O) groups is 1. The minimum absolute atomic E-state index is 0.245. The zero-order valence-electron chi connectivity index (χ0n) is 21.5. The van der Waals surface area contributed by atoms with Gasteiger partial charge in [-0.25, -0.2) is 5.43 Å². The Labute approximate surface area is 246 Å². The van der Waals surface area contributed by atoms with Crippen LogP contribution in [0.15, 0.2) is 102 Å². The quantitative estimate of drug-likeness (QED) is 0.0616. The van der Waals surface area contributed by atoms with Crippen molar-refractivity contribution >= 4 is 52.2 Å². The van der Waals surface area contributed by atoms with Crippen molar-refractivity contribution in [3.05, 3.63) is 112 Å². The monoisotopic (exact) mass is 652 g/mol. The minimum atomic E-state index is -0.448. The van der Waals surface area contributed by atoms with Crippen LogP contribution in [-0.4, -0.2) is 32.1 Å². The number of para-hydroxylation sites is 1. The van der Waals surface area contributed by atoms with Gasteiger partial charge in [-0.3, -0.25) is 4.79 Å². The molecule has 1 atom stereocenters. The van der Waals surface area contributed by atoms with E-state index in [9.17, 15) is 4.79 Å². The second kappa shape index (κ2) is 14.5. The van der Waals surface area contributed by atoms with Gasteiger partial charge < -0.3 is 14.6 Å². The number of anilines is 1. The van der Waals surface area contributed by atoms with Crippen LogP contribution in [0.4, 0.5) is 5.69 Å². The summed E-state index contributed by atoms with van der Waals surface area (Å²) in [5, 5.41) is 16.4. The molecule has 0 aliphatic heterocycles. The molecule has 0 saturated heterocycles. The number of rotatable bonds is 13. The molecule has 0 fully saturated rings. The third kappa shape index (κ3) is 8.42. The zero-order valence-corrected chi connectivity index (χ0v) is 24.4. The fourth-order valence-corrected chi connectivity index (χ4v) is 4.75. The Bertz CT molecular complexity index is 1410. The molecule has 0 aliphatic rings. The van der Waals surface area contributed by atoms with Crippen LogP contribution < -0.4 is 15.5 Å². The molecule has 1 amide bonds. The second-order valence-corrected chi connectivity index (χ2v) is 11.0. The van der Waals surface area contributed by atoms with Crippen LogP contribution in [0, 0.1) is 3.57 Å². The van der Waals surface area contributed by atoms with Crippen molar-refractivity contribution in [2.75, 3.05) is 5.32 Å². The number of allylic oxidation sites excluding steroid dienone is 1. The van der Waals surface area contributed by atoms with Gasteiger partial charge in [0.1, 0.15) is 12.4 Å². The average molecular weight is 653 g/mol. The van der Waals surface area contributed by atoms with Gasteiger partial charge in [0.05, 0.1) is 18.0 Å². The van der Waals surface area contributed by atoms with Crippen LogP contribution in [-0.2, 0) is 24.5 Å². The molecular formula is C29H29IN6O2S. The highest BCUT2D eigenvalue weighted by molar-refractivity contribution is 14.1. The number of hydrogen-bond donors (Lipinski definition) is 2. The van der Waals surface area contributed by atoms with Gasteiger partial charge >= 0.3 is 0 Å². The smallest absolute Gasteiger partial charge is 0.253 e. The van der Waals surface area contributed by atoms with E-state index in [0.717, 1.165) is 22.6 Å². The van der Waals surface area contributed by atoms with Crippen LogP contribution in [0.25, 0.3) is 0 Å². The Morgan fingerprint density at radius 2 is 1.85 bits per heavy atom. The van der Waals surface area contributed by atoms with Crippen LogP contribution in [0.1, 0.15) is 23.9 Å². The number of aromatic nitrogens is 3. The van der Waals surface area contributed by atoms with E-state index in [0.29, 0.717) is 30.6 Å². The number of benzene rings is 3. The molecule has 39 heavy (non-hydrogen) atoms. The Hall–Kier alpha value is -3.64. The van der Waals surface area contributed by atoms with E-state index in [-0.39, 0.29) is 5.91 Å². The van der Waals surface area contributed by atoms with Gasteiger partial charge in [0.15, 0.2) is 11.0 Å². The number of hydrogen-bond acceptors (Lipinski definition) is 7. The molecule has 4 aromatic rings. The number of amides is 1. The summed E-state index contributed by atoms with van der Waals surface area (Å²) < 4.78 is 9.08. The summed E-state index contributed by atoms with van der Waals surface area (Å²) in [7, 11) is 0. The van der Waals surface area contributed by atoms with Crippen molar-refractivity contribution in [3.63, 3.8) is 0 Å². The molecule has 1 aromatic heterocycles. The molecule has 200 valence electrons. The van der Waals surface area contributed by atoms with Crippen molar-refractivity contribution in [1.29, 1.82) is 0 Å². The highest BCUT2D eigenvalue weighted by Gasteiger charge is 2.19. The van der Waals surface area contributed by atoms with E-state index in [2.05, 4.69) is 55.2 Å². The Kier molecular flexibility index (Phi) is 10.5. The predicted molar refractivity (Wildman–Crippen MR) is 165 cm³/mol. The SMILES string of the molecule is C=CCn1c(CNc2ccc(I)cc2)nnc1S[C@H](C)C(=O)NN=Cc1ccccc1OCc1ccccc1. The Morgan fingerprint density at radius 1 is 1.10 bits per heavy atom. The maximum Gasteiger partial charge on any atom is 0.253 e. The van der Waals surface area contributed by atoms with E-state index >= 15 is 0 Å². The normalized spacial score (nSPS) is 11.7. The minimum Gasteiger partial charge on any atom is -0.488 e. The summed E-state index contributed by atoms with van der Waals surface area (Å²) in [5.41, 5.74) is 5.46. The molecule has 0 unspecified atom stereocenters. The van der Waals surface area contributed by atoms with Gasteiger partial charge in [-0.05, 0) is 71.5 Å². The van der Waals surface area contributed by atoms with Crippen molar-refractivity contribution < 1.29 is 9.53 Å². The molecule has 0 spiro atoms. The van der Waals surface area contributed by atoms with Crippen LogP contribution in [0.5, 0.6) is 5.75 Å². The second-order valence-electron chi connectivity index (χ2n) is 8.46. The summed E-state index contributed by atoms with van der Waals surface area (Å²) in [5.74, 6) is 1.20. The summed E-state index contributed by atoms with van der Waals surface area (Å²) in [6.07, 6.45) is 3.37. The Morgan fingerprint density at radius 3 is 2.62 bits per heavy atom. The summed E-state index contributed by atoms with van der Waals surface area (Å²) >= 11 is 3.59. The van der Waals surface area contributed by atoms with Gasteiger partial charge in [0.2, 0.25) is 0 Å². The standard InChI is InChI=1S/C29H29IN6O2S/c1-3-17-36-27(19-31-25-15-13-24(30)14-16-25)33-35-29(36)39-21(2)28(37)34-32-18-23-11-7-8-12-26(23)38-20-22-9-5-4-6-10-22/h3-16,18,21,31H,1,17,19-20H2,2H3,(H,34,37)/t21-/m1/s1. The first-order chi connectivity index (χ1) is 19.0. The highest BCUT2D eigenvalue weighted by atomic mass is 127. The van der Waals surface area contributed by atoms with E-state index in [4.69, 9.17) is 4.74 Å². The van der Waals surface area contributed by atoms with Gasteiger partial charge in [-0.15, -0.1) is 16.8 Å². The molecule has 0 radical (unpaired) electrons.